The lowest BCUT2D eigenvalue weighted by atomic mass is 10.1. The van der Waals surface area contributed by atoms with Gasteiger partial charge in [0.25, 0.3) is 0 Å². The summed E-state index contributed by atoms with van der Waals surface area (Å²) in [6, 6.07) is 6.51. The Balaban J connectivity index is 2.07. The van der Waals surface area contributed by atoms with Crippen molar-refractivity contribution in [3.8, 4) is 17.0 Å². The van der Waals surface area contributed by atoms with E-state index in [-0.39, 0.29) is 27.7 Å². The average molecular weight is 331 g/mol. The molecule has 2 heterocycles. The fourth-order valence-corrected chi connectivity index (χ4v) is 2.66. The van der Waals surface area contributed by atoms with Crippen LogP contribution in [0, 0.1) is 0 Å². The molecule has 0 radical (unpaired) electrons. The van der Waals surface area contributed by atoms with Crippen molar-refractivity contribution in [3.63, 3.8) is 0 Å². The van der Waals surface area contributed by atoms with Crippen molar-refractivity contribution < 1.29 is 19.1 Å². The third kappa shape index (κ3) is 2.64. The van der Waals surface area contributed by atoms with Gasteiger partial charge in [-0.15, -0.1) is 11.3 Å². The molecule has 0 fully saturated rings. The molecule has 0 saturated carbocycles. The topological polar surface area (TPSA) is 136 Å². The summed E-state index contributed by atoms with van der Waals surface area (Å²) in [7, 11) is 0. The van der Waals surface area contributed by atoms with E-state index in [1.54, 1.807) is 24.3 Å². The Hall–Kier alpha value is -3.20. The highest BCUT2D eigenvalue weighted by Crippen LogP contribution is 2.34. The van der Waals surface area contributed by atoms with Gasteiger partial charge in [0.1, 0.15) is 16.9 Å². The lowest BCUT2D eigenvalue weighted by Crippen LogP contribution is -2.29. The molecule has 1 aromatic carbocycles. The number of hydrogen-bond acceptors (Lipinski definition) is 7. The lowest BCUT2D eigenvalue weighted by Gasteiger charge is -2.03. The largest absolute Gasteiger partial charge is 0.506 e. The van der Waals surface area contributed by atoms with Crippen LogP contribution in [0.3, 0.4) is 0 Å². The number of aromatic nitrogens is 1. The predicted molar refractivity (Wildman–Crippen MR) is 83.1 cm³/mol. The van der Waals surface area contributed by atoms with Gasteiger partial charge in [0.15, 0.2) is 5.13 Å². The number of nitrogens with zero attached hydrogens (tertiary/aromatic N) is 1. The number of primary amides is 1. The molecule has 0 bridgehead atoms. The molecule has 2 aromatic heterocycles. The Morgan fingerprint density at radius 1 is 1.30 bits per heavy atom. The summed E-state index contributed by atoms with van der Waals surface area (Å²) in [5.41, 5.74) is 4.31. The molecule has 116 valence electrons. The number of para-hydroxylation sites is 1. The van der Waals surface area contributed by atoms with Crippen LogP contribution in [0.15, 0.2) is 38.9 Å². The van der Waals surface area contributed by atoms with E-state index >= 15 is 0 Å². The normalized spacial score (nSPS) is 10.6. The molecule has 4 N–H and O–H groups in total. The number of carbonyl (C=O) groups is 2. The number of nitrogens with two attached hydrogens (primary N) is 1. The maximum Gasteiger partial charge on any atom is 0.349 e. The van der Waals surface area contributed by atoms with Gasteiger partial charge >= 0.3 is 17.4 Å². The number of hydrogen-bond donors (Lipinski definition) is 3. The first-order valence-corrected chi connectivity index (χ1v) is 7.17. The second-order valence-corrected chi connectivity index (χ2v) is 5.32. The number of nitrogens with one attached hydrogen (secondary N) is 1. The van der Waals surface area contributed by atoms with Crippen LogP contribution in [-0.2, 0) is 9.59 Å². The van der Waals surface area contributed by atoms with Crippen molar-refractivity contribution >= 4 is 39.3 Å². The van der Waals surface area contributed by atoms with E-state index < -0.39 is 17.4 Å². The standard InChI is InChI=1S/C14H9N3O5S/c15-11(19)12(20)17-14-16-7(5-23-14)9-10(18)6-3-1-2-4-8(6)22-13(9)21/h1-5,18H,(H2,15,19)(H,16,17,20). The molecule has 23 heavy (non-hydrogen) atoms. The van der Waals surface area contributed by atoms with Gasteiger partial charge in [-0.2, -0.15) is 0 Å². The minimum atomic E-state index is -1.16. The lowest BCUT2D eigenvalue weighted by molar-refractivity contribution is -0.134. The Morgan fingerprint density at radius 2 is 2.04 bits per heavy atom. The van der Waals surface area contributed by atoms with Crippen LogP contribution in [0.5, 0.6) is 5.75 Å². The van der Waals surface area contributed by atoms with Gasteiger partial charge in [-0.3, -0.25) is 14.9 Å². The van der Waals surface area contributed by atoms with Crippen LogP contribution < -0.4 is 16.7 Å². The predicted octanol–water partition coefficient (Wildman–Crippen LogP) is 1.05. The number of carbonyl (C=O) groups excluding carboxylic acids is 2. The molecule has 0 saturated heterocycles. The van der Waals surface area contributed by atoms with Crippen molar-refractivity contribution in [2.24, 2.45) is 5.73 Å². The second kappa shape index (κ2) is 5.54. The Morgan fingerprint density at radius 3 is 2.78 bits per heavy atom. The molecule has 3 rings (SSSR count). The number of anilines is 1. The third-order valence-electron chi connectivity index (χ3n) is 2.99. The van der Waals surface area contributed by atoms with Crippen LogP contribution in [0.25, 0.3) is 22.2 Å². The van der Waals surface area contributed by atoms with Crippen molar-refractivity contribution in [1.29, 1.82) is 0 Å². The number of benzene rings is 1. The van der Waals surface area contributed by atoms with Crippen LogP contribution >= 0.6 is 11.3 Å². The number of thiazole rings is 1. The van der Waals surface area contributed by atoms with Crippen molar-refractivity contribution in [3.05, 3.63) is 40.1 Å². The first-order chi connectivity index (χ1) is 11.0. The molecule has 0 aliphatic heterocycles. The molecule has 0 aliphatic carbocycles. The molecular formula is C14H9N3O5S. The third-order valence-corrected chi connectivity index (χ3v) is 3.75. The minimum Gasteiger partial charge on any atom is -0.506 e. The second-order valence-electron chi connectivity index (χ2n) is 4.47. The highest BCUT2D eigenvalue weighted by atomic mass is 32.1. The van der Waals surface area contributed by atoms with Gasteiger partial charge in [-0.05, 0) is 12.1 Å². The zero-order chi connectivity index (χ0) is 16.6. The Bertz CT molecular complexity index is 991. The van der Waals surface area contributed by atoms with Gasteiger partial charge in [-0.25, -0.2) is 9.78 Å². The first kappa shape index (κ1) is 14.7. The van der Waals surface area contributed by atoms with Gasteiger partial charge in [-0.1, -0.05) is 12.1 Å². The SMILES string of the molecule is NC(=O)C(=O)Nc1nc(-c2c(O)c3ccccc3oc2=O)cs1. The Labute approximate surface area is 132 Å². The zero-order valence-corrected chi connectivity index (χ0v) is 12.2. The van der Waals surface area contributed by atoms with Crippen LogP contribution in [-0.4, -0.2) is 21.9 Å². The highest BCUT2D eigenvalue weighted by molar-refractivity contribution is 7.14. The number of fused-ring (bicyclic) bond motifs is 1. The fourth-order valence-electron chi connectivity index (χ4n) is 1.96. The smallest absolute Gasteiger partial charge is 0.349 e. The summed E-state index contributed by atoms with van der Waals surface area (Å²) in [4.78, 5) is 38.0. The van der Waals surface area contributed by atoms with E-state index in [4.69, 9.17) is 10.2 Å². The molecular weight excluding hydrogens is 322 g/mol. The number of aromatic hydroxyl groups is 1. The summed E-state index contributed by atoms with van der Waals surface area (Å²) in [6.45, 7) is 0. The van der Waals surface area contributed by atoms with Gasteiger partial charge in [0, 0.05) is 5.38 Å². The molecule has 0 spiro atoms. The molecule has 3 aromatic rings. The minimum absolute atomic E-state index is 0.0655. The maximum atomic E-state index is 12.1. The van der Waals surface area contributed by atoms with E-state index in [1.165, 1.54) is 5.38 Å². The van der Waals surface area contributed by atoms with Crippen LogP contribution in [0.4, 0.5) is 5.13 Å². The molecule has 0 aliphatic rings. The van der Waals surface area contributed by atoms with E-state index in [0.717, 1.165) is 11.3 Å². The van der Waals surface area contributed by atoms with E-state index in [9.17, 15) is 19.5 Å². The van der Waals surface area contributed by atoms with E-state index in [0.29, 0.717) is 5.39 Å². The van der Waals surface area contributed by atoms with Gasteiger partial charge < -0.3 is 15.3 Å². The quantitative estimate of drug-likeness (QED) is 0.474. The summed E-state index contributed by atoms with van der Waals surface area (Å²) < 4.78 is 5.14. The van der Waals surface area contributed by atoms with Crippen molar-refractivity contribution in [2.75, 3.05) is 5.32 Å². The maximum absolute atomic E-state index is 12.1. The van der Waals surface area contributed by atoms with Gasteiger partial charge in [0.05, 0.1) is 11.1 Å². The summed E-state index contributed by atoms with van der Waals surface area (Å²) in [5, 5.41) is 14.4. The highest BCUT2D eigenvalue weighted by Gasteiger charge is 2.19. The van der Waals surface area contributed by atoms with E-state index in [2.05, 4.69) is 10.3 Å². The zero-order valence-electron chi connectivity index (χ0n) is 11.4. The van der Waals surface area contributed by atoms with E-state index in [1.807, 2.05) is 0 Å². The number of amides is 2. The molecule has 8 nitrogen and oxygen atoms in total. The monoisotopic (exact) mass is 331 g/mol. The van der Waals surface area contributed by atoms with Crippen molar-refractivity contribution in [2.45, 2.75) is 0 Å². The summed E-state index contributed by atoms with van der Waals surface area (Å²) in [6.07, 6.45) is 0. The average Bonchev–Trinajstić information content (AvgIpc) is 2.95. The van der Waals surface area contributed by atoms with Crippen LogP contribution in [0.2, 0.25) is 0 Å². The molecule has 0 unspecified atom stereocenters. The summed E-state index contributed by atoms with van der Waals surface area (Å²) in [5.74, 6) is -2.45. The van der Waals surface area contributed by atoms with Crippen molar-refractivity contribution in [1.82, 2.24) is 4.98 Å². The number of rotatable bonds is 2. The Kier molecular flexibility index (Phi) is 3.54. The molecule has 2 amide bonds. The van der Waals surface area contributed by atoms with Crippen LogP contribution in [0.1, 0.15) is 0 Å². The van der Waals surface area contributed by atoms with Gasteiger partial charge in [0.2, 0.25) is 0 Å². The summed E-state index contributed by atoms with van der Waals surface area (Å²) >= 11 is 0.970. The first-order valence-electron chi connectivity index (χ1n) is 6.29. The fraction of sp³-hybridized carbons (Fsp3) is 0. The molecule has 0 atom stereocenters. The molecule has 9 heteroatoms.